The number of carbonyl (C=O) groups excluding carboxylic acids is 1. The zero-order valence-electron chi connectivity index (χ0n) is 14.5. The summed E-state index contributed by atoms with van der Waals surface area (Å²) >= 11 is 2.01. The number of urea groups is 1. The van der Waals surface area contributed by atoms with Crippen LogP contribution in [0.4, 0.5) is 16.2 Å². The first-order chi connectivity index (χ1) is 12.2. The number of amides is 2. The van der Waals surface area contributed by atoms with Crippen LogP contribution in [0.25, 0.3) is 0 Å². The van der Waals surface area contributed by atoms with Crippen molar-refractivity contribution in [2.45, 2.75) is 20.0 Å². The van der Waals surface area contributed by atoms with Crippen LogP contribution in [-0.4, -0.2) is 35.5 Å². The predicted molar refractivity (Wildman–Crippen MR) is 105 cm³/mol. The summed E-state index contributed by atoms with van der Waals surface area (Å²) in [5, 5.41) is 3.03. The molecule has 0 saturated carbocycles. The van der Waals surface area contributed by atoms with Gasteiger partial charge in [0.25, 0.3) is 0 Å². The Morgan fingerprint density at radius 2 is 1.72 bits per heavy atom. The van der Waals surface area contributed by atoms with E-state index in [2.05, 4.69) is 47.5 Å². The number of anilines is 2. The number of hydrogen-bond donors (Lipinski definition) is 1. The normalized spacial score (nSPS) is 16.7. The summed E-state index contributed by atoms with van der Waals surface area (Å²) in [4.78, 5) is 16.8. The lowest BCUT2D eigenvalue weighted by atomic mass is 10.1. The van der Waals surface area contributed by atoms with E-state index >= 15 is 0 Å². The fourth-order valence-electron chi connectivity index (χ4n) is 3.45. The first-order valence-electron chi connectivity index (χ1n) is 8.76. The van der Waals surface area contributed by atoms with Crippen molar-refractivity contribution < 1.29 is 4.79 Å². The van der Waals surface area contributed by atoms with E-state index in [1.165, 1.54) is 33.9 Å². The van der Waals surface area contributed by atoms with Gasteiger partial charge >= 0.3 is 6.03 Å². The maximum Gasteiger partial charge on any atom is 0.322 e. The number of hydrogen-bond acceptors (Lipinski definition) is 3. The monoisotopic (exact) mass is 353 g/mol. The molecule has 1 N–H and O–H groups in total. The van der Waals surface area contributed by atoms with E-state index in [1.807, 2.05) is 28.8 Å². The lowest BCUT2D eigenvalue weighted by Crippen LogP contribution is -2.32. The van der Waals surface area contributed by atoms with Crippen molar-refractivity contribution in [3.63, 3.8) is 0 Å². The van der Waals surface area contributed by atoms with Gasteiger partial charge in [0.2, 0.25) is 0 Å². The minimum absolute atomic E-state index is 0.0315. The summed E-state index contributed by atoms with van der Waals surface area (Å²) in [6.07, 6.45) is 0. The summed E-state index contributed by atoms with van der Waals surface area (Å²) in [6.45, 7) is 5.66. The second-order valence-electron chi connectivity index (χ2n) is 6.70. The Bertz CT molecular complexity index is 769. The Morgan fingerprint density at radius 3 is 2.48 bits per heavy atom. The van der Waals surface area contributed by atoms with Crippen LogP contribution >= 0.6 is 11.8 Å². The van der Waals surface area contributed by atoms with Gasteiger partial charge in [-0.1, -0.05) is 23.8 Å². The standard InChI is InChI=1S/C20H23N3OS/c1-15-2-3-16-13-23(14-17(16)12-15)20(24)21-18-4-6-19(7-5-18)22-8-10-25-11-9-22/h2-7,12H,8-11,13-14H2,1H3,(H,21,24). The highest BCUT2D eigenvalue weighted by molar-refractivity contribution is 7.99. The van der Waals surface area contributed by atoms with Crippen molar-refractivity contribution in [1.82, 2.24) is 4.90 Å². The van der Waals surface area contributed by atoms with Gasteiger partial charge in [0.1, 0.15) is 0 Å². The molecule has 1 saturated heterocycles. The summed E-state index contributed by atoms with van der Waals surface area (Å²) in [7, 11) is 0. The van der Waals surface area contributed by atoms with Gasteiger partial charge < -0.3 is 15.1 Å². The number of carbonyl (C=O) groups is 1. The predicted octanol–water partition coefficient (Wildman–Crippen LogP) is 4.10. The first-order valence-corrected chi connectivity index (χ1v) is 9.91. The minimum Gasteiger partial charge on any atom is -0.370 e. The van der Waals surface area contributed by atoms with Crippen molar-refractivity contribution in [2.24, 2.45) is 0 Å². The fraction of sp³-hybridized carbons (Fsp3) is 0.350. The zero-order valence-corrected chi connectivity index (χ0v) is 15.3. The maximum absolute atomic E-state index is 12.6. The molecule has 2 aromatic carbocycles. The molecule has 2 aliphatic rings. The van der Waals surface area contributed by atoms with Crippen LogP contribution in [0.3, 0.4) is 0 Å². The van der Waals surface area contributed by atoms with Crippen LogP contribution < -0.4 is 10.2 Å². The second kappa shape index (κ2) is 7.00. The average molecular weight is 353 g/mol. The molecule has 130 valence electrons. The quantitative estimate of drug-likeness (QED) is 0.883. The van der Waals surface area contributed by atoms with Crippen molar-refractivity contribution in [3.05, 3.63) is 59.2 Å². The Hall–Kier alpha value is -2.14. The summed E-state index contributed by atoms with van der Waals surface area (Å²) in [5.74, 6) is 2.38. The van der Waals surface area contributed by atoms with Crippen molar-refractivity contribution in [3.8, 4) is 0 Å². The lowest BCUT2D eigenvalue weighted by Gasteiger charge is -2.28. The van der Waals surface area contributed by atoms with Crippen LogP contribution in [0.5, 0.6) is 0 Å². The minimum atomic E-state index is -0.0315. The van der Waals surface area contributed by atoms with Gasteiger partial charge in [-0.25, -0.2) is 4.79 Å². The molecular weight excluding hydrogens is 330 g/mol. The van der Waals surface area contributed by atoms with Crippen molar-refractivity contribution >= 4 is 29.2 Å². The number of aryl methyl sites for hydroxylation is 1. The number of rotatable bonds is 2. The molecule has 2 aromatic rings. The number of thioether (sulfide) groups is 1. The highest BCUT2D eigenvalue weighted by Gasteiger charge is 2.23. The Kier molecular flexibility index (Phi) is 4.57. The van der Waals surface area contributed by atoms with Crippen LogP contribution in [-0.2, 0) is 13.1 Å². The molecule has 2 aliphatic heterocycles. The second-order valence-corrected chi connectivity index (χ2v) is 7.93. The molecule has 2 amide bonds. The third-order valence-corrected chi connectivity index (χ3v) is 5.81. The van der Waals surface area contributed by atoms with E-state index in [0.717, 1.165) is 18.8 Å². The molecule has 5 heteroatoms. The van der Waals surface area contributed by atoms with Gasteiger partial charge in [0, 0.05) is 49.1 Å². The van der Waals surface area contributed by atoms with E-state index < -0.39 is 0 Å². The Labute approximate surface area is 153 Å². The third-order valence-electron chi connectivity index (χ3n) is 4.87. The molecule has 0 aromatic heterocycles. The molecule has 0 unspecified atom stereocenters. The van der Waals surface area contributed by atoms with Crippen LogP contribution in [0.1, 0.15) is 16.7 Å². The summed E-state index contributed by atoms with van der Waals surface area (Å²) < 4.78 is 0. The highest BCUT2D eigenvalue weighted by Crippen LogP contribution is 2.25. The molecule has 0 spiro atoms. The molecular formula is C20H23N3OS. The molecule has 25 heavy (non-hydrogen) atoms. The maximum atomic E-state index is 12.6. The van der Waals surface area contributed by atoms with E-state index in [1.54, 1.807) is 0 Å². The number of benzene rings is 2. The number of nitrogens with zero attached hydrogens (tertiary/aromatic N) is 2. The molecule has 0 aliphatic carbocycles. The zero-order chi connectivity index (χ0) is 17.2. The van der Waals surface area contributed by atoms with E-state index in [0.29, 0.717) is 13.1 Å². The van der Waals surface area contributed by atoms with E-state index in [4.69, 9.17) is 0 Å². The molecule has 4 nitrogen and oxygen atoms in total. The van der Waals surface area contributed by atoms with Gasteiger partial charge in [-0.15, -0.1) is 0 Å². The highest BCUT2D eigenvalue weighted by atomic mass is 32.2. The SMILES string of the molecule is Cc1ccc2c(c1)CN(C(=O)Nc1ccc(N3CCSCC3)cc1)C2. The molecule has 1 fully saturated rings. The smallest absolute Gasteiger partial charge is 0.322 e. The van der Waals surface area contributed by atoms with Gasteiger partial charge in [0.15, 0.2) is 0 Å². The molecule has 4 rings (SSSR count). The summed E-state index contributed by atoms with van der Waals surface area (Å²) in [6, 6.07) is 14.6. The van der Waals surface area contributed by atoms with Gasteiger partial charge in [-0.05, 0) is 42.3 Å². The fourth-order valence-corrected chi connectivity index (χ4v) is 4.35. The van der Waals surface area contributed by atoms with Gasteiger partial charge in [-0.2, -0.15) is 11.8 Å². The average Bonchev–Trinajstić information content (AvgIpc) is 3.06. The van der Waals surface area contributed by atoms with Crippen molar-refractivity contribution in [2.75, 3.05) is 34.8 Å². The lowest BCUT2D eigenvalue weighted by molar-refractivity contribution is 0.212. The first kappa shape index (κ1) is 16.3. The molecule has 0 bridgehead atoms. The van der Waals surface area contributed by atoms with Crippen molar-refractivity contribution in [1.29, 1.82) is 0 Å². The van der Waals surface area contributed by atoms with Gasteiger partial charge in [0.05, 0.1) is 0 Å². The largest absolute Gasteiger partial charge is 0.370 e. The third kappa shape index (κ3) is 3.61. The van der Waals surface area contributed by atoms with Crippen LogP contribution in [0.15, 0.2) is 42.5 Å². The van der Waals surface area contributed by atoms with E-state index in [-0.39, 0.29) is 6.03 Å². The molecule has 2 heterocycles. The Morgan fingerprint density at radius 1 is 1.00 bits per heavy atom. The molecule has 0 atom stereocenters. The van der Waals surface area contributed by atoms with Crippen LogP contribution in [0, 0.1) is 6.92 Å². The Balaban J connectivity index is 1.38. The molecule has 0 radical (unpaired) electrons. The summed E-state index contributed by atoms with van der Waals surface area (Å²) in [5.41, 5.74) is 5.84. The number of fused-ring (bicyclic) bond motifs is 1. The topological polar surface area (TPSA) is 35.6 Å². The number of nitrogens with one attached hydrogen (secondary N) is 1. The van der Waals surface area contributed by atoms with Crippen LogP contribution in [0.2, 0.25) is 0 Å². The van der Waals surface area contributed by atoms with Gasteiger partial charge in [-0.3, -0.25) is 0 Å². The van der Waals surface area contributed by atoms with E-state index in [9.17, 15) is 4.79 Å².